The van der Waals surface area contributed by atoms with Gasteiger partial charge in [0, 0.05) is 0 Å². The molecule has 0 saturated heterocycles. The van der Waals surface area contributed by atoms with E-state index in [2.05, 4.69) is 51.6 Å². The molecule has 0 aliphatic rings. The average molecular weight is 250 g/mol. The van der Waals surface area contributed by atoms with Crippen molar-refractivity contribution in [3.8, 4) is 0 Å². The highest BCUT2D eigenvalue weighted by Gasteiger charge is 1.85. The van der Waals surface area contributed by atoms with Crippen molar-refractivity contribution < 1.29 is 0 Å². The van der Waals surface area contributed by atoms with Crippen LogP contribution in [-0.2, 0) is 6.42 Å². The van der Waals surface area contributed by atoms with Gasteiger partial charge in [-0.3, -0.25) is 0 Å². The van der Waals surface area contributed by atoms with Gasteiger partial charge in [0.05, 0.1) is 0 Å². The molecule has 106 valence electrons. The van der Waals surface area contributed by atoms with Gasteiger partial charge in [0.1, 0.15) is 0 Å². The van der Waals surface area contributed by atoms with Gasteiger partial charge in [-0.15, -0.1) is 6.58 Å². The lowest BCUT2D eigenvalue weighted by atomic mass is 10.1. The number of benzene rings is 1. The second-order valence-corrected chi connectivity index (χ2v) is 3.65. The Balaban J connectivity index is -0.000000215. The largest absolute Gasteiger partial charge is 0.100 e. The van der Waals surface area contributed by atoms with Crippen molar-refractivity contribution in [2.24, 2.45) is 0 Å². The molecule has 0 radical (unpaired) electrons. The van der Waals surface area contributed by atoms with Crippen LogP contribution in [0.25, 0.3) is 0 Å². The minimum atomic E-state index is 1.11. The van der Waals surface area contributed by atoms with Crippen molar-refractivity contribution in [3.05, 3.63) is 47.5 Å². The molecule has 0 fully saturated rings. The molecule has 0 aliphatic carbocycles. The summed E-state index contributed by atoms with van der Waals surface area (Å²) in [6, 6.07) is 8.61. The molecule has 0 unspecified atom stereocenters. The first-order valence-electron chi connectivity index (χ1n) is 7.30. The Morgan fingerprint density at radius 1 is 1.06 bits per heavy atom. The summed E-state index contributed by atoms with van der Waals surface area (Å²) >= 11 is 0. The third-order valence-corrected chi connectivity index (χ3v) is 2.09. The Hall–Kier alpha value is -1.04. The van der Waals surface area contributed by atoms with Crippen LogP contribution >= 0.6 is 0 Å². The second kappa shape index (κ2) is 18.3. The molecular formula is C18H34. The summed E-state index contributed by atoms with van der Waals surface area (Å²) in [7, 11) is 0. The smallest absolute Gasteiger partial charge is 0.0307 e. The van der Waals surface area contributed by atoms with Crippen LogP contribution in [0.2, 0.25) is 0 Å². The van der Waals surface area contributed by atoms with E-state index >= 15 is 0 Å². The molecule has 1 aromatic carbocycles. The van der Waals surface area contributed by atoms with Gasteiger partial charge in [-0.2, -0.15) is 0 Å². The van der Waals surface area contributed by atoms with Crippen molar-refractivity contribution in [1.29, 1.82) is 0 Å². The van der Waals surface area contributed by atoms with Gasteiger partial charge in [-0.25, -0.2) is 0 Å². The Labute approximate surface area is 116 Å². The zero-order chi connectivity index (χ0) is 15.0. The van der Waals surface area contributed by atoms with E-state index in [0.29, 0.717) is 0 Å². The highest BCUT2D eigenvalue weighted by molar-refractivity contribution is 5.21. The fourth-order valence-corrected chi connectivity index (χ4v) is 0.932. The van der Waals surface area contributed by atoms with Crippen molar-refractivity contribution in [1.82, 2.24) is 0 Å². The first-order valence-corrected chi connectivity index (χ1v) is 7.30. The highest BCUT2D eigenvalue weighted by atomic mass is 13.9. The summed E-state index contributed by atoms with van der Waals surface area (Å²) in [5.74, 6) is 0. The van der Waals surface area contributed by atoms with Gasteiger partial charge in [0.25, 0.3) is 0 Å². The van der Waals surface area contributed by atoms with E-state index < -0.39 is 0 Å². The van der Waals surface area contributed by atoms with Crippen LogP contribution in [-0.4, -0.2) is 0 Å². The summed E-state index contributed by atoms with van der Waals surface area (Å²) in [4.78, 5) is 0. The zero-order valence-corrected chi connectivity index (χ0v) is 13.9. The van der Waals surface area contributed by atoms with Crippen LogP contribution in [0.5, 0.6) is 0 Å². The highest BCUT2D eigenvalue weighted by Crippen LogP contribution is 2.03. The SMILES string of the molecule is C=C(C)CC.CC.CC.CCc1cccc(C)c1. The molecule has 1 rings (SSSR count). The van der Waals surface area contributed by atoms with E-state index in [-0.39, 0.29) is 0 Å². The first-order chi connectivity index (χ1) is 8.60. The number of hydrogen-bond acceptors (Lipinski definition) is 0. The number of allylic oxidation sites excluding steroid dienone is 1. The molecule has 0 nitrogen and oxygen atoms in total. The first kappa shape index (κ1) is 22.2. The van der Waals surface area contributed by atoms with Crippen molar-refractivity contribution >= 4 is 0 Å². The molecule has 0 bridgehead atoms. The van der Waals surface area contributed by atoms with E-state index in [1.165, 1.54) is 16.7 Å². The third-order valence-electron chi connectivity index (χ3n) is 2.09. The maximum Gasteiger partial charge on any atom is -0.0307 e. The normalized spacial score (nSPS) is 7.56. The predicted molar refractivity (Wildman–Crippen MR) is 88.4 cm³/mol. The Kier molecular flexibility index (Phi) is 22.6. The third kappa shape index (κ3) is 17.4. The number of rotatable bonds is 2. The van der Waals surface area contributed by atoms with E-state index in [4.69, 9.17) is 0 Å². The molecule has 1 aromatic rings. The molecule has 0 heterocycles. The van der Waals surface area contributed by atoms with Crippen molar-refractivity contribution in [2.45, 2.75) is 68.2 Å². The topological polar surface area (TPSA) is 0 Å². The maximum atomic E-state index is 3.67. The summed E-state index contributed by atoms with van der Waals surface area (Å²) < 4.78 is 0. The fraction of sp³-hybridized carbons (Fsp3) is 0.556. The minimum Gasteiger partial charge on any atom is -0.100 e. The van der Waals surface area contributed by atoms with Gasteiger partial charge < -0.3 is 0 Å². The van der Waals surface area contributed by atoms with Gasteiger partial charge in [-0.05, 0) is 32.3 Å². The van der Waals surface area contributed by atoms with Crippen molar-refractivity contribution in [2.75, 3.05) is 0 Å². The van der Waals surface area contributed by atoms with Gasteiger partial charge in [0.2, 0.25) is 0 Å². The zero-order valence-electron chi connectivity index (χ0n) is 13.9. The van der Waals surface area contributed by atoms with Gasteiger partial charge >= 0.3 is 0 Å². The lowest BCUT2D eigenvalue weighted by Crippen LogP contribution is -1.78. The monoisotopic (exact) mass is 250 g/mol. The van der Waals surface area contributed by atoms with Crippen LogP contribution < -0.4 is 0 Å². The molecule has 0 aromatic heterocycles. The summed E-state index contributed by atoms with van der Waals surface area (Å²) in [5, 5.41) is 0. The predicted octanol–water partition coefficient (Wildman–Crippen LogP) is 6.58. The molecule has 18 heavy (non-hydrogen) atoms. The molecular weight excluding hydrogens is 216 g/mol. The lowest BCUT2D eigenvalue weighted by Gasteiger charge is -1.95. The fourth-order valence-electron chi connectivity index (χ4n) is 0.932. The molecule has 0 saturated carbocycles. The van der Waals surface area contributed by atoms with Crippen LogP contribution in [0.15, 0.2) is 36.4 Å². The molecule has 0 N–H and O–H groups in total. The van der Waals surface area contributed by atoms with Crippen LogP contribution in [0.1, 0.15) is 66.0 Å². The van der Waals surface area contributed by atoms with Gasteiger partial charge in [-0.1, -0.05) is 76.9 Å². The average Bonchev–Trinajstić information content (AvgIpc) is 2.44. The standard InChI is InChI=1S/C9H12.C5H10.2C2H6/c1-3-9-6-4-5-8(2)7-9;1-4-5(2)3;2*1-2/h4-7H,3H2,1-2H3;2,4H2,1,3H3;2*1-2H3. The number of aryl methyl sites for hydroxylation is 2. The Morgan fingerprint density at radius 3 is 1.72 bits per heavy atom. The summed E-state index contributed by atoms with van der Waals surface area (Å²) in [5.41, 5.74) is 4.04. The van der Waals surface area contributed by atoms with E-state index in [1.54, 1.807) is 0 Å². The Morgan fingerprint density at radius 2 is 1.50 bits per heavy atom. The van der Waals surface area contributed by atoms with Gasteiger partial charge in [0.15, 0.2) is 0 Å². The molecule has 0 amide bonds. The van der Waals surface area contributed by atoms with Crippen molar-refractivity contribution in [3.63, 3.8) is 0 Å². The van der Waals surface area contributed by atoms with E-state index in [1.807, 2.05) is 34.6 Å². The maximum absolute atomic E-state index is 3.67. The van der Waals surface area contributed by atoms with E-state index in [0.717, 1.165) is 12.8 Å². The van der Waals surface area contributed by atoms with Crippen LogP contribution in [0, 0.1) is 6.92 Å². The quantitative estimate of drug-likeness (QED) is 0.520. The molecule has 0 atom stereocenters. The molecule has 0 heteroatoms. The number of hydrogen-bond donors (Lipinski definition) is 0. The molecule has 0 aliphatic heterocycles. The molecule has 0 spiro atoms. The summed E-state index contributed by atoms with van der Waals surface area (Å²) in [6.45, 7) is 20.1. The van der Waals surface area contributed by atoms with Crippen LogP contribution in [0.3, 0.4) is 0 Å². The van der Waals surface area contributed by atoms with E-state index in [9.17, 15) is 0 Å². The minimum absolute atomic E-state index is 1.11. The second-order valence-electron chi connectivity index (χ2n) is 3.65. The summed E-state index contributed by atoms with van der Waals surface area (Å²) in [6.07, 6.45) is 2.25. The van der Waals surface area contributed by atoms with Crippen LogP contribution in [0.4, 0.5) is 0 Å². The Bertz CT molecular complexity index is 271. The lowest BCUT2D eigenvalue weighted by molar-refractivity contribution is 1.11.